The first-order chi connectivity index (χ1) is 15.3. The van der Waals surface area contributed by atoms with Gasteiger partial charge in [0.15, 0.2) is 0 Å². The highest BCUT2D eigenvalue weighted by molar-refractivity contribution is 6.26. The van der Waals surface area contributed by atoms with Crippen LogP contribution in [0.4, 0.5) is 5.69 Å². The summed E-state index contributed by atoms with van der Waals surface area (Å²) in [5.74, 6) is -2.87. The first-order valence-corrected chi connectivity index (χ1v) is 10.3. The molecule has 0 spiro atoms. The molecule has 0 bridgehead atoms. The molecule has 3 heterocycles. The molecule has 1 aromatic heterocycles. The lowest BCUT2D eigenvalue weighted by Crippen LogP contribution is -2.54. The number of amides is 5. The van der Waals surface area contributed by atoms with E-state index in [-0.39, 0.29) is 41.6 Å². The maximum Gasteiger partial charge on any atom is 0.264 e. The normalized spacial score (nSPS) is 21.4. The summed E-state index contributed by atoms with van der Waals surface area (Å²) in [6, 6.07) is 3.47. The Bertz CT molecular complexity index is 1200. The number of nitrogens with one attached hydrogen (secondary N) is 2. The summed E-state index contributed by atoms with van der Waals surface area (Å²) in [5.41, 5.74) is 1.17. The van der Waals surface area contributed by atoms with E-state index < -0.39 is 35.6 Å². The second-order valence-electron chi connectivity index (χ2n) is 8.59. The van der Waals surface area contributed by atoms with Crippen molar-refractivity contribution >= 4 is 35.2 Å². The fourth-order valence-electron chi connectivity index (χ4n) is 4.05. The van der Waals surface area contributed by atoms with Crippen LogP contribution in [0.15, 0.2) is 24.4 Å². The predicted octanol–water partition coefficient (Wildman–Crippen LogP) is 0.369. The Morgan fingerprint density at radius 3 is 2.72 bits per heavy atom. The second-order valence-corrected chi connectivity index (χ2v) is 8.59. The van der Waals surface area contributed by atoms with Crippen LogP contribution in [-0.4, -0.2) is 55.5 Å². The number of nitrogens with zero attached hydrogens (tertiary/aromatic N) is 4. The maximum atomic E-state index is 13.1. The van der Waals surface area contributed by atoms with E-state index in [9.17, 15) is 24.0 Å². The van der Waals surface area contributed by atoms with Crippen molar-refractivity contribution in [1.82, 2.24) is 25.2 Å². The molecule has 2 aromatic rings. The Labute approximate surface area is 182 Å². The van der Waals surface area contributed by atoms with Crippen LogP contribution in [0, 0.1) is 0 Å². The van der Waals surface area contributed by atoms with Crippen molar-refractivity contribution in [3.8, 4) is 0 Å². The Morgan fingerprint density at radius 1 is 1.22 bits per heavy atom. The number of aromatic nitrogens is 3. The molecular weight excluding hydrogens is 416 g/mol. The number of piperidine rings is 1. The summed E-state index contributed by atoms with van der Waals surface area (Å²) in [6.07, 6.45) is 3.90. The number of hydrogen-bond acceptors (Lipinski definition) is 7. The maximum absolute atomic E-state index is 13.1. The lowest BCUT2D eigenvalue weighted by Gasteiger charge is -2.27. The zero-order chi connectivity index (χ0) is 22.6. The number of carbonyl (C=O) groups excluding carboxylic acids is 5. The molecule has 0 radical (unpaired) electrons. The minimum absolute atomic E-state index is 0.0281. The van der Waals surface area contributed by atoms with Gasteiger partial charge < -0.3 is 5.32 Å². The molecule has 164 valence electrons. The minimum atomic E-state index is -1.07. The van der Waals surface area contributed by atoms with Gasteiger partial charge in [-0.3, -0.25) is 34.2 Å². The van der Waals surface area contributed by atoms with Crippen molar-refractivity contribution in [2.45, 2.75) is 50.6 Å². The minimum Gasteiger partial charge on any atom is -0.324 e. The van der Waals surface area contributed by atoms with Gasteiger partial charge in [-0.2, -0.15) is 0 Å². The van der Waals surface area contributed by atoms with Crippen LogP contribution >= 0.6 is 0 Å². The van der Waals surface area contributed by atoms with E-state index in [2.05, 4.69) is 27.9 Å². The Hall–Kier alpha value is -3.89. The first-order valence-electron chi connectivity index (χ1n) is 10.3. The molecule has 1 aliphatic carbocycles. The molecule has 2 N–H and O–H groups in total. The van der Waals surface area contributed by atoms with Gasteiger partial charge in [-0.05, 0) is 31.4 Å². The van der Waals surface area contributed by atoms with Gasteiger partial charge in [0.2, 0.25) is 17.7 Å². The van der Waals surface area contributed by atoms with Gasteiger partial charge in [0.25, 0.3) is 11.8 Å². The average Bonchev–Trinajstić information content (AvgIpc) is 3.21. The largest absolute Gasteiger partial charge is 0.324 e. The summed E-state index contributed by atoms with van der Waals surface area (Å²) in [7, 11) is 0. The number of fused-ring (bicyclic) bond motifs is 1. The zero-order valence-corrected chi connectivity index (χ0v) is 17.3. The molecule has 3 aliphatic rings. The molecule has 5 rings (SSSR count). The van der Waals surface area contributed by atoms with Crippen molar-refractivity contribution in [3.63, 3.8) is 0 Å². The Kier molecular flexibility index (Phi) is 4.43. The van der Waals surface area contributed by atoms with Crippen molar-refractivity contribution in [2.75, 3.05) is 5.32 Å². The summed E-state index contributed by atoms with van der Waals surface area (Å²) in [4.78, 5) is 63.0. The van der Waals surface area contributed by atoms with E-state index in [0.717, 1.165) is 23.4 Å². The highest BCUT2D eigenvalue weighted by atomic mass is 16.2. The summed E-state index contributed by atoms with van der Waals surface area (Å²) < 4.78 is 1.43. The third kappa shape index (κ3) is 3.26. The first kappa shape index (κ1) is 20.0. The van der Waals surface area contributed by atoms with Gasteiger partial charge in [0.05, 0.1) is 22.5 Å². The summed E-state index contributed by atoms with van der Waals surface area (Å²) in [5, 5.41) is 12.9. The van der Waals surface area contributed by atoms with Gasteiger partial charge in [-0.15, -0.1) is 5.10 Å². The molecular formula is C21H20N6O5. The number of benzene rings is 1. The van der Waals surface area contributed by atoms with E-state index >= 15 is 0 Å². The van der Waals surface area contributed by atoms with Crippen molar-refractivity contribution < 1.29 is 24.0 Å². The SMILES string of the molecule is CC1(c2cn(CC(=O)Nc3cccc4c3C(=O)N(C3CCC(=O)NC3=O)C4=O)nn2)CC1. The quantitative estimate of drug-likeness (QED) is 0.645. The molecule has 2 fully saturated rings. The van der Waals surface area contributed by atoms with Crippen molar-refractivity contribution in [2.24, 2.45) is 0 Å². The van der Waals surface area contributed by atoms with E-state index in [1.807, 2.05) is 0 Å². The van der Waals surface area contributed by atoms with Crippen molar-refractivity contribution in [1.29, 1.82) is 0 Å². The van der Waals surface area contributed by atoms with Crippen LogP contribution in [0.3, 0.4) is 0 Å². The van der Waals surface area contributed by atoms with E-state index in [1.54, 1.807) is 12.3 Å². The zero-order valence-electron chi connectivity index (χ0n) is 17.3. The smallest absolute Gasteiger partial charge is 0.264 e. The summed E-state index contributed by atoms with van der Waals surface area (Å²) in [6.45, 7) is 1.98. The Morgan fingerprint density at radius 2 is 2.00 bits per heavy atom. The lowest BCUT2D eigenvalue weighted by molar-refractivity contribution is -0.136. The van der Waals surface area contributed by atoms with Gasteiger partial charge in [-0.25, -0.2) is 4.68 Å². The van der Waals surface area contributed by atoms with Crippen LogP contribution in [0.1, 0.15) is 59.0 Å². The van der Waals surface area contributed by atoms with E-state index in [0.29, 0.717) is 0 Å². The monoisotopic (exact) mass is 436 g/mol. The molecule has 11 nitrogen and oxygen atoms in total. The fourth-order valence-corrected chi connectivity index (χ4v) is 4.05. The standard InChI is InChI=1S/C21H20N6O5/c1-21(7-8-21)14-9-26(25-24-14)10-16(29)22-12-4-2-3-11-17(12)20(32)27(19(11)31)13-5-6-15(28)23-18(13)30/h2-4,9,13H,5-8,10H2,1H3,(H,22,29)(H,23,28,30). The number of anilines is 1. The molecule has 11 heteroatoms. The number of hydrogen-bond donors (Lipinski definition) is 2. The number of imide groups is 2. The topological polar surface area (TPSA) is 143 Å². The average molecular weight is 436 g/mol. The predicted molar refractivity (Wildman–Crippen MR) is 108 cm³/mol. The van der Waals surface area contributed by atoms with Gasteiger partial charge in [0, 0.05) is 18.0 Å². The highest BCUT2D eigenvalue weighted by Crippen LogP contribution is 2.46. The van der Waals surface area contributed by atoms with Crippen LogP contribution in [0.5, 0.6) is 0 Å². The molecule has 2 aliphatic heterocycles. The summed E-state index contributed by atoms with van der Waals surface area (Å²) >= 11 is 0. The third-order valence-electron chi connectivity index (χ3n) is 6.20. The third-order valence-corrected chi connectivity index (χ3v) is 6.20. The van der Waals surface area contributed by atoms with E-state index in [4.69, 9.17) is 0 Å². The van der Waals surface area contributed by atoms with Gasteiger partial charge >= 0.3 is 0 Å². The molecule has 1 atom stereocenters. The fraction of sp³-hybridized carbons (Fsp3) is 0.381. The van der Waals surface area contributed by atoms with Crippen LogP contribution in [0.25, 0.3) is 0 Å². The van der Waals surface area contributed by atoms with Crippen LogP contribution in [0.2, 0.25) is 0 Å². The van der Waals surface area contributed by atoms with Crippen LogP contribution < -0.4 is 10.6 Å². The molecule has 1 saturated carbocycles. The van der Waals surface area contributed by atoms with Crippen LogP contribution in [-0.2, 0) is 26.3 Å². The Balaban J connectivity index is 1.35. The number of rotatable bonds is 5. The van der Waals surface area contributed by atoms with Gasteiger partial charge in [0.1, 0.15) is 12.6 Å². The van der Waals surface area contributed by atoms with E-state index in [1.165, 1.54) is 16.8 Å². The molecule has 1 aromatic carbocycles. The molecule has 1 saturated heterocycles. The molecule has 32 heavy (non-hydrogen) atoms. The molecule has 5 amide bonds. The molecule has 1 unspecified atom stereocenters. The number of carbonyl (C=O) groups is 5. The second kappa shape index (κ2) is 7.08. The van der Waals surface area contributed by atoms with Gasteiger partial charge in [-0.1, -0.05) is 18.2 Å². The van der Waals surface area contributed by atoms with Crippen molar-refractivity contribution in [3.05, 3.63) is 41.2 Å². The lowest BCUT2D eigenvalue weighted by atomic mass is 10.0. The highest BCUT2D eigenvalue weighted by Gasteiger charge is 2.46.